The number of likely N-dealkylation sites (tertiary alicyclic amines) is 2. The van der Waals surface area contributed by atoms with Crippen LogP contribution in [0.1, 0.15) is 41.9 Å². The summed E-state index contributed by atoms with van der Waals surface area (Å²) in [5.41, 5.74) is 2.34. The number of carbonyl (C=O) groups is 1. The molecule has 28 heavy (non-hydrogen) atoms. The number of aromatic nitrogens is 1. The fourth-order valence-corrected chi connectivity index (χ4v) is 4.73. The minimum absolute atomic E-state index is 0.225. The molecular weight excluding hydrogens is 370 g/mol. The predicted molar refractivity (Wildman–Crippen MR) is 111 cm³/mol. The molecule has 2 fully saturated rings. The van der Waals surface area contributed by atoms with E-state index in [-0.39, 0.29) is 5.92 Å². The van der Waals surface area contributed by atoms with Crippen LogP contribution in [-0.2, 0) is 17.9 Å². The number of aryl methyl sites for hydroxylation is 1. The molecule has 2 saturated heterocycles. The number of hydrogen-bond acceptors (Lipinski definition) is 5. The van der Waals surface area contributed by atoms with Crippen LogP contribution in [0, 0.1) is 12.8 Å². The van der Waals surface area contributed by atoms with Gasteiger partial charge in [0.05, 0.1) is 5.69 Å². The standard InChI is InChI=1S/C22H29N3O2S/c1-17-4-6-20(7-5-17)27-15-21-23-19(16-28-21)14-24-12-8-18(9-13-24)22(26)25-10-2-3-11-25/h4-7,16,18H,2-3,8-15H2,1H3. The second kappa shape index (κ2) is 9.05. The van der Waals surface area contributed by atoms with E-state index in [0.29, 0.717) is 12.5 Å². The van der Waals surface area contributed by atoms with Gasteiger partial charge in [-0.15, -0.1) is 11.3 Å². The van der Waals surface area contributed by atoms with Gasteiger partial charge in [-0.25, -0.2) is 4.98 Å². The molecular formula is C22H29N3O2S. The number of benzene rings is 1. The number of piperidine rings is 1. The Labute approximate surface area is 171 Å². The van der Waals surface area contributed by atoms with E-state index in [1.165, 1.54) is 18.4 Å². The summed E-state index contributed by atoms with van der Waals surface area (Å²) in [4.78, 5) is 21.8. The SMILES string of the molecule is Cc1ccc(OCc2nc(CN3CCC(C(=O)N4CCCC4)CC3)cs2)cc1. The molecule has 0 saturated carbocycles. The van der Waals surface area contributed by atoms with Crippen LogP contribution in [0.25, 0.3) is 0 Å². The van der Waals surface area contributed by atoms with E-state index in [1.54, 1.807) is 11.3 Å². The Kier molecular flexibility index (Phi) is 6.27. The van der Waals surface area contributed by atoms with Crippen LogP contribution in [0.2, 0.25) is 0 Å². The lowest BCUT2D eigenvalue weighted by Crippen LogP contribution is -2.41. The van der Waals surface area contributed by atoms with Gasteiger partial charge in [-0.3, -0.25) is 9.69 Å². The number of ether oxygens (including phenoxy) is 1. The quantitative estimate of drug-likeness (QED) is 0.740. The van der Waals surface area contributed by atoms with Crippen molar-refractivity contribution in [3.8, 4) is 5.75 Å². The molecule has 5 nitrogen and oxygen atoms in total. The van der Waals surface area contributed by atoms with Crippen molar-refractivity contribution in [2.24, 2.45) is 5.92 Å². The molecule has 0 unspecified atom stereocenters. The monoisotopic (exact) mass is 399 g/mol. The molecule has 0 radical (unpaired) electrons. The van der Waals surface area contributed by atoms with Gasteiger partial charge in [-0.1, -0.05) is 17.7 Å². The lowest BCUT2D eigenvalue weighted by atomic mass is 9.95. The summed E-state index contributed by atoms with van der Waals surface area (Å²) in [5.74, 6) is 1.50. The average molecular weight is 400 g/mol. The predicted octanol–water partition coefficient (Wildman–Crippen LogP) is 3.86. The first-order chi connectivity index (χ1) is 13.7. The zero-order chi connectivity index (χ0) is 19.3. The summed E-state index contributed by atoms with van der Waals surface area (Å²) in [6.45, 7) is 7.35. The Hall–Kier alpha value is -1.92. The van der Waals surface area contributed by atoms with E-state index >= 15 is 0 Å². The number of rotatable bonds is 6. The summed E-state index contributed by atoms with van der Waals surface area (Å²) in [5, 5.41) is 3.14. The van der Waals surface area contributed by atoms with Gasteiger partial charge in [0.2, 0.25) is 5.91 Å². The van der Waals surface area contributed by atoms with Crippen LogP contribution in [0.5, 0.6) is 5.75 Å². The molecule has 0 aliphatic carbocycles. The van der Waals surface area contributed by atoms with Crippen LogP contribution in [0.3, 0.4) is 0 Å². The van der Waals surface area contributed by atoms with Gasteiger partial charge in [0.1, 0.15) is 17.4 Å². The van der Waals surface area contributed by atoms with Crippen LogP contribution in [0.15, 0.2) is 29.6 Å². The Balaban J connectivity index is 1.22. The van der Waals surface area contributed by atoms with Gasteiger partial charge in [-0.2, -0.15) is 0 Å². The smallest absolute Gasteiger partial charge is 0.225 e. The molecule has 0 N–H and O–H groups in total. The molecule has 0 bridgehead atoms. The van der Waals surface area contributed by atoms with Crippen molar-refractivity contribution in [2.75, 3.05) is 26.2 Å². The van der Waals surface area contributed by atoms with Crippen LogP contribution < -0.4 is 4.74 Å². The van der Waals surface area contributed by atoms with Crippen molar-refractivity contribution in [3.05, 3.63) is 45.9 Å². The highest BCUT2D eigenvalue weighted by Crippen LogP contribution is 2.24. The molecule has 0 atom stereocenters. The van der Waals surface area contributed by atoms with Gasteiger partial charge in [0.15, 0.2) is 0 Å². The lowest BCUT2D eigenvalue weighted by molar-refractivity contribution is -0.136. The van der Waals surface area contributed by atoms with Crippen LogP contribution in [-0.4, -0.2) is 46.9 Å². The van der Waals surface area contributed by atoms with Crippen molar-refractivity contribution in [1.29, 1.82) is 0 Å². The first kappa shape index (κ1) is 19.4. The third-order valence-electron chi connectivity index (χ3n) is 5.72. The second-order valence-electron chi connectivity index (χ2n) is 7.92. The summed E-state index contributed by atoms with van der Waals surface area (Å²) in [6, 6.07) is 8.11. The van der Waals surface area contributed by atoms with Crippen molar-refractivity contribution in [1.82, 2.24) is 14.8 Å². The molecule has 2 aromatic rings. The minimum atomic E-state index is 0.225. The van der Waals surface area contributed by atoms with Crippen molar-refractivity contribution in [2.45, 2.75) is 45.8 Å². The lowest BCUT2D eigenvalue weighted by Gasteiger charge is -2.32. The molecule has 4 rings (SSSR count). The number of hydrogen-bond donors (Lipinski definition) is 0. The highest BCUT2D eigenvalue weighted by Gasteiger charge is 2.29. The molecule has 6 heteroatoms. The number of thiazole rings is 1. The maximum Gasteiger partial charge on any atom is 0.225 e. The highest BCUT2D eigenvalue weighted by atomic mass is 32.1. The molecule has 1 amide bonds. The molecule has 150 valence electrons. The first-order valence-corrected chi connectivity index (χ1v) is 11.2. The molecule has 2 aliphatic rings. The Morgan fingerprint density at radius 1 is 1.14 bits per heavy atom. The summed E-state index contributed by atoms with van der Waals surface area (Å²) in [7, 11) is 0. The fourth-order valence-electron chi connectivity index (χ4n) is 4.03. The Morgan fingerprint density at radius 2 is 1.86 bits per heavy atom. The summed E-state index contributed by atoms with van der Waals surface area (Å²) in [6.07, 6.45) is 4.29. The van der Waals surface area contributed by atoms with Gasteiger partial charge in [0, 0.05) is 30.9 Å². The van der Waals surface area contributed by atoms with Gasteiger partial charge < -0.3 is 9.64 Å². The molecule has 2 aliphatic heterocycles. The van der Waals surface area contributed by atoms with E-state index in [0.717, 1.165) is 62.0 Å². The van der Waals surface area contributed by atoms with Gasteiger partial charge in [-0.05, 0) is 57.8 Å². The Morgan fingerprint density at radius 3 is 2.57 bits per heavy atom. The van der Waals surface area contributed by atoms with Gasteiger partial charge >= 0.3 is 0 Å². The van der Waals surface area contributed by atoms with Gasteiger partial charge in [0.25, 0.3) is 0 Å². The highest BCUT2D eigenvalue weighted by molar-refractivity contribution is 7.09. The second-order valence-corrected chi connectivity index (χ2v) is 8.86. The average Bonchev–Trinajstić information content (AvgIpc) is 3.40. The van der Waals surface area contributed by atoms with E-state index in [2.05, 4.69) is 34.2 Å². The van der Waals surface area contributed by atoms with E-state index in [4.69, 9.17) is 9.72 Å². The number of carbonyl (C=O) groups excluding carboxylic acids is 1. The Bertz CT molecular complexity index is 775. The van der Waals surface area contributed by atoms with Crippen LogP contribution >= 0.6 is 11.3 Å². The third-order valence-corrected chi connectivity index (χ3v) is 6.59. The molecule has 3 heterocycles. The van der Waals surface area contributed by atoms with Crippen molar-refractivity contribution >= 4 is 17.2 Å². The fraction of sp³-hybridized carbons (Fsp3) is 0.545. The zero-order valence-electron chi connectivity index (χ0n) is 16.6. The number of amides is 1. The summed E-state index contributed by atoms with van der Waals surface area (Å²) < 4.78 is 5.83. The van der Waals surface area contributed by atoms with E-state index in [9.17, 15) is 4.79 Å². The third kappa shape index (κ3) is 4.92. The zero-order valence-corrected chi connectivity index (χ0v) is 17.4. The largest absolute Gasteiger partial charge is 0.486 e. The van der Waals surface area contributed by atoms with E-state index < -0.39 is 0 Å². The van der Waals surface area contributed by atoms with E-state index in [1.807, 2.05) is 12.1 Å². The summed E-state index contributed by atoms with van der Waals surface area (Å²) >= 11 is 1.66. The van der Waals surface area contributed by atoms with Crippen LogP contribution in [0.4, 0.5) is 0 Å². The first-order valence-electron chi connectivity index (χ1n) is 10.3. The molecule has 1 aromatic carbocycles. The normalized spacial score (nSPS) is 18.5. The molecule has 1 aromatic heterocycles. The topological polar surface area (TPSA) is 45.7 Å². The number of nitrogens with zero attached hydrogens (tertiary/aromatic N) is 3. The minimum Gasteiger partial charge on any atom is -0.486 e. The van der Waals surface area contributed by atoms with Crippen molar-refractivity contribution < 1.29 is 9.53 Å². The maximum atomic E-state index is 12.6. The molecule has 0 spiro atoms. The maximum absolute atomic E-state index is 12.6. The van der Waals surface area contributed by atoms with Crippen molar-refractivity contribution in [3.63, 3.8) is 0 Å².